The van der Waals surface area contributed by atoms with Crippen molar-refractivity contribution in [3.8, 4) is 5.75 Å². The van der Waals surface area contributed by atoms with Gasteiger partial charge in [-0.25, -0.2) is 4.39 Å². The lowest BCUT2D eigenvalue weighted by Gasteiger charge is -2.35. The average Bonchev–Trinajstić information content (AvgIpc) is 3.10. The number of halogens is 2. The topological polar surface area (TPSA) is 75.0 Å². The molecule has 10 heteroatoms. The zero-order chi connectivity index (χ0) is 20.1. The summed E-state index contributed by atoms with van der Waals surface area (Å²) in [6.45, 7) is 3.87. The number of rotatable bonds is 5. The number of hydrogen-bond donors (Lipinski definition) is 1. The van der Waals surface area contributed by atoms with E-state index in [-0.39, 0.29) is 48.3 Å². The van der Waals surface area contributed by atoms with E-state index in [2.05, 4.69) is 15.4 Å². The third kappa shape index (κ3) is 6.05. The van der Waals surface area contributed by atoms with Crippen LogP contribution in [0.4, 0.5) is 10.1 Å². The number of aromatic nitrogens is 2. The van der Waals surface area contributed by atoms with Gasteiger partial charge in [0.1, 0.15) is 24.2 Å². The number of carbonyl (C=O) groups is 1. The quantitative estimate of drug-likeness (QED) is 0.373. The smallest absolute Gasteiger partial charge is 0.246 e. The molecule has 1 unspecified atom stereocenters. The van der Waals surface area contributed by atoms with Crippen molar-refractivity contribution in [1.82, 2.24) is 20.0 Å². The van der Waals surface area contributed by atoms with Crippen molar-refractivity contribution in [1.29, 1.82) is 0 Å². The summed E-state index contributed by atoms with van der Waals surface area (Å²) in [6.07, 6.45) is 3.36. The summed E-state index contributed by atoms with van der Waals surface area (Å²) in [4.78, 5) is 20.5. The molecule has 1 fully saturated rings. The van der Waals surface area contributed by atoms with Gasteiger partial charge < -0.3 is 19.9 Å². The molecule has 0 saturated carbocycles. The normalized spacial score (nSPS) is 15.7. The van der Waals surface area contributed by atoms with E-state index in [1.807, 2.05) is 25.1 Å². The Bertz CT molecular complexity index is 841. The number of carbonyl (C=O) groups excluding carboxylic acids is 1. The minimum atomic E-state index is -0.298. The van der Waals surface area contributed by atoms with Crippen molar-refractivity contribution >= 4 is 41.5 Å². The molecule has 1 aromatic carbocycles. The van der Waals surface area contributed by atoms with Gasteiger partial charge in [-0.3, -0.25) is 14.5 Å². The minimum absolute atomic E-state index is 0. The van der Waals surface area contributed by atoms with Crippen molar-refractivity contribution in [3.63, 3.8) is 0 Å². The van der Waals surface area contributed by atoms with Crippen molar-refractivity contribution in [2.45, 2.75) is 13.0 Å². The van der Waals surface area contributed by atoms with Crippen LogP contribution in [0, 0.1) is 5.82 Å². The number of guanidine groups is 1. The lowest BCUT2D eigenvalue weighted by atomic mass is 10.3. The second-order valence-corrected chi connectivity index (χ2v) is 6.65. The Balaban J connectivity index is 0.00000300. The van der Waals surface area contributed by atoms with Crippen molar-refractivity contribution in [2.75, 3.05) is 38.1 Å². The number of hydrogen-bond acceptors (Lipinski definition) is 4. The van der Waals surface area contributed by atoms with E-state index >= 15 is 0 Å². The number of anilines is 1. The highest BCUT2D eigenvalue weighted by Gasteiger charge is 2.27. The standard InChI is InChI=1S/C19H25FN6O2.HI/c1-14(28-17-6-4-15(20)5-7-17)10-22-19(21-2)25-8-9-26(18(27)13-25)16-11-23-24(3)12-16;/h4-7,11-12,14H,8-10,13H2,1-3H3,(H,21,22);1H. The van der Waals surface area contributed by atoms with Gasteiger partial charge >= 0.3 is 0 Å². The van der Waals surface area contributed by atoms with Crippen LogP contribution in [0.15, 0.2) is 41.7 Å². The van der Waals surface area contributed by atoms with E-state index in [0.717, 1.165) is 5.69 Å². The Morgan fingerprint density at radius 2 is 2.07 bits per heavy atom. The monoisotopic (exact) mass is 516 g/mol. The second-order valence-electron chi connectivity index (χ2n) is 6.65. The van der Waals surface area contributed by atoms with Gasteiger partial charge in [0.05, 0.1) is 18.4 Å². The Hall–Kier alpha value is -2.37. The van der Waals surface area contributed by atoms with Gasteiger partial charge in [-0.2, -0.15) is 5.10 Å². The Labute approximate surface area is 186 Å². The Kier molecular flexibility index (Phi) is 8.23. The van der Waals surface area contributed by atoms with E-state index in [1.165, 1.54) is 12.1 Å². The molecule has 0 bridgehead atoms. The fourth-order valence-electron chi connectivity index (χ4n) is 3.03. The molecular formula is C19H26FIN6O2. The summed E-state index contributed by atoms with van der Waals surface area (Å²) in [5.74, 6) is 0.950. The highest BCUT2D eigenvalue weighted by Crippen LogP contribution is 2.16. The third-order valence-corrected chi connectivity index (χ3v) is 4.43. The summed E-state index contributed by atoms with van der Waals surface area (Å²) in [5.41, 5.74) is 0.802. The maximum atomic E-state index is 13.0. The molecule has 8 nitrogen and oxygen atoms in total. The molecular weight excluding hydrogens is 490 g/mol. The van der Waals surface area contributed by atoms with Gasteiger partial charge in [0.15, 0.2) is 5.96 Å². The van der Waals surface area contributed by atoms with Crippen LogP contribution in [0.2, 0.25) is 0 Å². The van der Waals surface area contributed by atoms with Crippen LogP contribution in [0.25, 0.3) is 0 Å². The van der Waals surface area contributed by atoms with Gasteiger partial charge in [-0.05, 0) is 31.2 Å². The van der Waals surface area contributed by atoms with Gasteiger partial charge in [0.2, 0.25) is 5.91 Å². The number of nitrogens with one attached hydrogen (secondary N) is 1. The zero-order valence-corrected chi connectivity index (χ0v) is 19.0. The van der Waals surface area contributed by atoms with Gasteiger partial charge in [-0.15, -0.1) is 24.0 Å². The molecule has 1 saturated heterocycles. The van der Waals surface area contributed by atoms with E-state index in [1.54, 1.807) is 35.0 Å². The molecule has 1 aromatic heterocycles. The lowest BCUT2D eigenvalue weighted by Crippen LogP contribution is -2.56. The van der Waals surface area contributed by atoms with Crippen LogP contribution in [-0.2, 0) is 11.8 Å². The number of benzene rings is 1. The molecule has 1 amide bonds. The summed E-state index contributed by atoms with van der Waals surface area (Å²) >= 11 is 0. The summed E-state index contributed by atoms with van der Waals surface area (Å²) in [6, 6.07) is 5.91. The molecule has 0 radical (unpaired) electrons. The van der Waals surface area contributed by atoms with Crippen molar-refractivity contribution in [3.05, 3.63) is 42.5 Å². The molecule has 29 heavy (non-hydrogen) atoms. The highest BCUT2D eigenvalue weighted by atomic mass is 127. The van der Waals surface area contributed by atoms with Crippen LogP contribution in [0.3, 0.4) is 0 Å². The molecule has 158 valence electrons. The first kappa shape index (κ1) is 22.9. The average molecular weight is 516 g/mol. The second kappa shape index (κ2) is 10.4. The largest absolute Gasteiger partial charge is 0.489 e. The molecule has 0 spiro atoms. The van der Waals surface area contributed by atoms with Crippen molar-refractivity contribution < 1.29 is 13.9 Å². The van der Waals surface area contributed by atoms with Crippen LogP contribution in [0.5, 0.6) is 5.75 Å². The summed E-state index contributed by atoms with van der Waals surface area (Å²) in [7, 11) is 3.51. The highest BCUT2D eigenvalue weighted by molar-refractivity contribution is 14.0. The number of ether oxygens (including phenoxy) is 1. The number of aryl methyl sites for hydroxylation is 1. The number of aliphatic imine (C=N–C) groups is 1. The van der Waals surface area contributed by atoms with Gasteiger partial charge in [-0.1, -0.05) is 0 Å². The number of nitrogens with zero attached hydrogens (tertiary/aromatic N) is 5. The first-order valence-corrected chi connectivity index (χ1v) is 9.13. The fourth-order valence-corrected chi connectivity index (χ4v) is 3.03. The minimum Gasteiger partial charge on any atom is -0.489 e. The first-order chi connectivity index (χ1) is 13.5. The third-order valence-electron chi connectivity index (χ3n) is 4.43. The molecule has 1 atom stereocenters. The van der Waals surface area contributed by atoms with E-state index in [4.69, 9.17) is 4.74 Å². The van der Waals surface area contributed by atoms with E-state index in [9.17, 15) is 9.18 Å². The molecule has 1 aliphatic rings. The molecule has 1 aliphatic heterocycles. The SMILES string of the molecule is CN=C(NCC(C)Oc1ccc(F)cc1)N1CCN(c2cnn(C)c2)C(=O)C1.I. The van der Waals surface area contributed by atoms with E-state index in [0.29, 0.717) is 31.3 Å². The lowest BCUT2D eigenvalue weighted by molar-refractivity contribution is -0.120. The fraction of sp³-hybridized carbons (Fsp3) is 0.421. The van der Waals surface area contributed by atoms with Crippen LogP contribution >= 0.6 is 24.0 Å². The predicted octanol–water partition coefficient (Wildman–Crippen LogP) is 1.87. The maximum absolute atomic E-state index is 13.0. The van der Waals surface area contributed by atoms with Crippen LogP contribution in [-0.4, -0.2) is 65.9 Å². The van der Waals surface area contributed by atoms with Crippen molar-refractivity contribution in [2.24, 2.45) is 12.0 Å². The molecule has 1 N–H and O–H groups in total. The predicted molar refractivity (Wildman–Crippen MR) is 120 cm³/mol. The van der Waals surface area contributed by atoms with E-state index < -0.39 is 0 Å². The molecule has 3 rings (SSSR count). The molecule has 0 aliphatic carbocycles. The molecule has 2 heterocycles. The summed E-state index contributed by atoms with van der Waals surface area (Å²) in [5, 5.41) is 7.36. The van der Waals surface area contributed by atoms with Crippen LogP contribution in [0.1, 0.15) is 6.92 Å². The Morgan fingerprint density at radius 3 is 2.66 bits per heavy atom. The summed E-state index contributed by atoms with van der Waals surface area (Å²) < 4.78 is 20.4. The maximum Gasteiger partial charge on any atom is 0.246 e. The number of amides is 1. The number of piperazine rings is 1. The van der Waals surface area contributed by atoms with Gasteiger partial charge in [0.25, 0.3) is 0 Å². The van der Waals surface area contributed by atoms with Gasteiger partial charge in [0, 0.05) is 33.4 Å². The molecule has 2 aromatic rings. The zero-order valence-electron chi connectivity index (χ0n) is 16.7. The Morgan fingerprint density at radius 1 is 1.34 bits per heavy atom. The van der Waals surface area contributed by atoms with Crippen LogP contribution < -0.4 is 15.0 Å². The first-order valence-electron chi connectivity index (χ1n) is 9.13.